The molecular formula is C22H33NO2. The number of hydrogen-bond acceptors (Lipinski definition) is 3. The highest BCUT2D eigenvalue weighted by atomic mass is 16.5. The first-order valence-corrected chi connectivity index (χ1v) is 10.2. The molecule has 0 heterocycles. The third kappa shape index (κ3) is 4.10. The molecular weight excluding hydrogens is 310 g/mol. The van der Waals surface area contributed by atoms with Crippen molar-refractivity contribution in [1.29, 1.82) is 0 Å². The van der Waals surface area contributed by atoms with Crippen LogP contribution in [0, 0.1) is 23.2 Å². The van der Waals surface area contributed by atoms with Crippen LogP contribution in [-0.4, -0.2) is 31.0 Å². The molecule has 4 aliphatic rings. The van der Waals surface area contributed by atoms with E-state index >= 15 is 0 Å². The summed E-state index contributed by atoms with van der Waals surface area (Å²) in [5.74, 6) is 2.90. The Morgan fingerprint density at radius 2 is 1.68 bits per heavy atom. The molecule has 4 fully saturated rings. The van der Waals surface area contributed by atoms with Crippen molar-refractivity contribution in [2.24, 2.45) is 23.2 Å². The molecule has 2 N–H and O–H groups in total. The van der Waals surface area contributed by atoms with Crippen LogP contribution in [0.3, 0.4) is 0 Å². The zero-order valence-corrected chi connectivity index (χ0v) is 15.5. The monoisotopic (exact) mass is 343 g/mol. The van der Waals surface area contributed by atoms with E-state index in [1.807, 2.05) is 6.07 Å². The Labute approximate surface area is 152 Å². The van der Waals surface area contributed by atoms with E-state index in [9.17, 15) is 5.11 Å². The van der Waals surface area contributed by atoms with Gasteiger partial charge in [-0.3, -0.25) is 0 Å². The van der Waals surface area contributed by atoms with Gasteiger partial charge in [0.2, 0.25) is 0 Å². The summed E-state index contributed by atoms with van der Waals surface area (Å²) in [6.45, 7) is 4.04. The fourth-order valence-corrected chi connectivity index (χ4v) is 6.11. The van der Waals surface area contributed by atoms with E-state index < -0.39 is 6.10 Å². The smallest absolute Gasteiger partial charge is 0.0897 e. The summed E-state index contributed by atoms with van der Waals surface area (Å²) in [5.41, 5.74) is 1.70. The molecule has 1 aromatic carbocycles. The van der Waals surface area contributed by atoms with Crippen LogP contribution in [0.2, 0.25) is 0 Å². The van der Waals surface area contributed by atoms with Gasteiger partial charge in [0, 0.05) is 12.6 Å². The molecule has 2 atom stereocenters. The topological polar surface area (TPSA) is 41.5 Å². The predicted molar refractivity (Wildman–Crippen MR) is 100 cm³/mol. The molecule has 0 amide bonds. The average molecular weight is 344 g/mol. The molecule has 4 saturated carbocycles. The SMILES string of the molecule is C[C@@H](NC[C@@H](O)COCC12CC3CC(CC(C3)C1)C2)c1ccccc1. The molecule has 0 unspecified atom stereocenters. The minimum atomic E-state index is -0.430. The number of nitrogens with one attached hydrogen (secondary N) is 1. The lowest BCUT2D eigenvalue weighted by atomic mass is 9.50. The van der Waals surface area contributed by atoms with Gasteiger partial charge in [0.25, 0.3) is 0 Å². The second-order valence-corrected chi connectivity index (χ2v) is 9.13. The van der Waals surface area contributed by atoms with Crippen LogP contribution in [0.15, 0.2) is 30.3 Å². The summed E-state index contributed by atoms with van der Waals surface area (Å²) >= 11 is 0. The fourth-order valence-electron chi connectivity index (χ4n) is 6.11. The third-order valence-corrected chi connectivity index (χ3v) is 6.84. The van der Waals surface area contributed by atoms with Crippen LogP contribution in [0.25, 0.3) is 0 Å². The van der Waals surface area contributed by atoms with Gasteiger partial charge in [0.05, 0.1) is 19.3 Å². The van der Waals surface area contributed by atoms with Gasteiger partial charge in [-0.05, 0) is 74.2 Å². The van der Waals surface area contributed by atoms with E-state index in [0.29, 0.717) is 18.6 Å². The van der Waals surface area contributed by atoms with Crippen LogP contribution in [0.4, 0.5) is 0 Å². The highest BCUT2D eigenvalue weighted by molar-refractivity contribution is 5.18. The highest BCUT2D eigenvalue weighted by Crippen LogP contribution is 2.60. The van der Waals surface area contributed by atoms with Gasteiger partial charge in [-0.1, -0.05) is 30.3 Å². The average Bonchev–Trinajstić information content (AvgIpc) is 2.59. The van der Waals surface area contributed by atoms with E-state index in [4.69, 9.17) is 4.74 Å². The maximum Gasteiger partial charge on any atom is 0.0897 e. The summed E-state index contributed by atoms with van der Waals surface area (Å²) < 4.78 is 6.03. The molecule has 1 aromatic rings. The Hall–Kier alpha value is -0.900. The van der Waals surface area contributed by atoms with Gasteiger partial charge in [-0.2, -0.15) is 0 Å². The van der Waals surface area contributed by atoms with Gasteiger partial charge in [0.1, 0.15) is 0 Å². The van der Waals surface area contributed by atoms with E-state index in [1.54, 1.807) is 0 Å². The first-order valence-electron chi connectivity index (χ1n) is 10.2. The molecule has 5 rings (SSSR count). The van der Waals surface area contributed by atoms with Crippen molar-refractivity contribution < 1.29 is 9.84 Å². The summed E-state index contributed by atoms with van der Waals surface area (Å²) in [5, 5.41) is 13.7. The molecule has 0 spiro atoms. The summed E-state index contributed by atoms with van der Waals surface area (Å²) in [7, 11) is 0. The van der Waals surface area contributed by atoms with Crippen molar-refractivity contribution in [3.8, 4) is 0 Å². The van der Waals surface area contributed by atoms with Crippen LogP contribution in [0.5, 0.6) is 0 Å². The Morgan fingerprint density at radius 3 is 2.28 bits per heavy atom. The van der Waals surface area contributed by atoms with Crippen LogP contribution in [0.1, 0.15) is 57.1 Å². The zero-order valence-electron chi connectivity index (χ0n) is 15.5. The molecule has 0 aliphatic heterocycles. The number of hydrogen-bond donors (Lipinski definition) is 2. The maximum absolute atomic E-state index is 10.3. The number of ether oxygens (including phenoxy) is 1. The fraction of sp³-hybridized carbons (Fsp3) is 0.727. The second-order valence-electron chi connectivity index (χ2n) is 9.13. The van der Waals surface area contributed by atoms with E-state index in [2.05, 4.69) is 36.5 Å². The molecule has 25 heavy (non-hydrogen) atoms. The van der Waals surface area contributed by atoms with Crippen molar-refractivity contribution in [2.75, 3.05) is 19.8 Å². The van der Waals surface area contributed by atoms with Crippen LogP contribution < -0.4 is 5.32 Å². The number of rotatable bonds is 8. The molecule has 138 valence electrons. The molecule has 4 aliphatic carbocycles. The molecule has 0 radical (unpaired) electrons. The Balaban J connectivity index is 1.19. The van der Waals surface area contributed by atoms with Crippen molar-refractivity contribution in [2.45, 2.75) is 57.6 Å². The lowest BCUT2D eigenvalue weighted by molar-refractivity contribution is -0.105. The van der Waals surface area contributed by atoms with Crippen molar-refractivity contribution >= 4 is 0 Å². The third-order valence-electron chi connectivity index (χ3n) is 6.84. The summed E-state index contributed by atoms with van der Waals surface area (Å²) in [4.78, 5) is 0. The lowest BCUT2D eigenvalue weighted by Gasteiger charge is -2.56. The number of aliphatic hydroxyl groups excluding tert-OH is 1. The van der Waals surface area contributed by atoms with E-state index in [-0.39, 0.29) is 6.04 Å². The molecule has 4 bridgehead atoms. The summed E-state index contributed by atoms with van der Waals surface area (Å²) in [6, 6.07) is 10.6. The van der Waals surface area contributed by atoms with Gasteiger partial charge in [-0.25, -0.2) is 0 Å². The second kappa shape index (κ2) is 7.38. The standard InChI is InChI=1S/C22H33NO2/c1-16(20-5-3-2-4-6-20)23-13-21(24)14-25-15-22-10-17-7-18(11-22)9-19(8-17)12-22/h2-6,16-19,21,23-24H,7-15H2,1H3/t16-,17?,18?,19?,21-,22?/m1/s1. The first kappa shape index (κ1) is 17.5. The lowest BCUT2D eigenvalue weighted by Crippen LogP contribution is -2.48. The largest absolute Gasteiger partial charge is 0.389 e. The first-order chi connectivity index (χ1) is 12.1. The molecule has 3 nitrogen and oxygen atoms in total. The van der Waals surface area contributed by atoms with Crippen LogP contribution in [-0.2, 0) is 4.74 Å². The van der Waals surface area contributed by atoms with Crippen molar-refractivity contribution in [3.05, 3.63) is 35.9 Å². The van der Waals surface area contributed by atoms with Gasteiger partial charge >= 0.3 is 0 Å². The minimum Gasteiger partial charge on any atom is -0.389 e. The highest BCUT2D eigenvalue weighted by Gasteiger charge is 2.50. The maximum atomic E-state index is 10.3. The molecule has 0 aromatic heterocycles. The van der Waals surface area contributed by atoms with Crippen molar-refractivity contribution in [1.82, 2.24) is 5.32 Å². The van der Waals surface area contributed by atoms with E-state index in [0.717, 1.165) is 24.4 Å². The Bertz CT molecular complexity index is 523. The summed E-state index contributed by atoms with van der Waals surface area (Å²) in [6.07, 6.45) is 8.12. The predicted octanol–water partition coefficient (Wildman–Crippen LogP) is 3.93. The van der Waals surface area contributed by atoms with Crippen LogP contribution >= 0.6 is 0 Å². The van der Waals surface area contributed by atoms with Gasteiger partial charge in [-0.15, -0.1) is 0 Å². The normalized spacial score (nSPS) is 35.7. The molecule has 3 heteroatoms. The van der Waals surface area contributed by atoms with Gasteiger partial charge in [0.15, 0.2) is 0 Å². The quantitative estimate of drug-likeness (QED) is 0.751. The number of aliphatic hydroxyl groups is 1. The van der Waals surface area contributed by atoms with E-state index in [1.165, 1.54) is 44.1 Å². The Kier molecular flexibility index (Phi) is 5.17. The van der Waals surface area contributed by atoms with Crippen molar-refractivity contribution in [3.63, 3.8) is 0 Å². The molecule has 0 saturated heterocycles. The number of benzene rings is 1. The minimum absolute atomic E-state index is 0.249. The Morgan fingerprint density at radius 1 is 1.08 bits per heavy atom. The zero-order chi connectivity index (χ0) is 17.3. The van der Waals surface area contributed by atoms with Gasteiger partial charge < -0.3 is 15.2 Å².